The van der Waals surface area contributed by atoms with Crippen LogP contribution in [0.3, 0.4) is 0 Å². The summed E-state index contributed by atoms with van der Waals surface area (Å²) in [5.41, 5.74) is 0. The molecule has 0 aromatic carbocycles. The van der Waals surface area contributed by atoms with Gasteiger partial charge < -0.3 is 24.8 Å². The molecule has 14 heavy (non-hydrogen) atoms. The Bertz CT molecular complexity index is 279. The topological polar surface area (TPSA) is 126 Å². The quantitative estimate of drug-likeness (QED) is 0.157. The minimum Gasteiger partial charge on any atom is -0.449 e. The van der Waals surface area contributed by atoms with Crippen LogP contribution in [0.1, 0.15) is 0 Å². The largest absolute Gasteiger partial charge is 0.449 e. The van der Waals surface area contributed by atoms with Gasteiger partial charge in [-0.1, -0.05) is 0 Å². The molecule has 80 valence electrons. The monoisotopic (exact) mass is 208 g/mol. The zero-order valence-corrected chi connectivity index (χ0v) is 6.78. The highest BCUT2D eigenvalue weighted by atomic mass is 17.1. The molecule has 0 spiro atoms. The smallest absolute Gasteiger partial charge is 0.376 e. The minimum absolute atomic E-state index is 0.347. The highest BCUT2D eigenvalue weighted by Gasteiger charge is 2.75. The van der Waals surface area contributed by atoms with Crippen molar-refractivity contribution in [1.82, 2.24) is 0 Å². The molecule has 0 amide bonds. The van der Waals surface area contributed by atoms with Gasteiger partial charge >= 0.3 is 11.8 Å². The first-order chi connectivity index (χ1) is 6.45. The van der Waals surface area contributed by atoms with Crippen LogP contribution in [0.15, 0.2) is 0 Å². The summed E-state index contributed by atoms with van der Waals surface area (Å²) in [5.74, 6) is -7.03. The predicted molar refractivity (Wildman–Crippen MR) is 35.5 cm³/mol. The molecule has 0 bridgehead atoms. The van der Waals surface area contributed by atoms with Crippen molar-refractivity contribution in [2.24, 2.45) is 0 Å². The van der Waals surface area contributed by atoms with Gasteiger partial charge in [0, 0.05) is 0 Å². The van der Waals surface area contributed by atoms with Crippen molar-refractivity contribution in [1.29, 1.82) is 0 Å². The van der Waals surface area contributed by atoms with Gasteiger partial charge in [-0.15, -0.1) is 0 Å². The molecule has 0 aliphatic carbocycles. The first kappa shape index (κ1) is 9.77. The van der Waals surface area contributed by atoms with Gasteiger partial charge in [-0.05, 0) is 0 Å². The highest BCUT2D eigenvalue weighted by molar-refractivity contribution is 5.82. The van der Waals surface area contributed by atoms with Crippen LogP contribution in [0, 0.1) is 0 Å². The third-order valence-corrected chi connectivity index (χ3v) is 2.34. The van der Waals surface area contributed by atoms with Gasteiger partial charge in [0.2, 0.25) is 0 Å². The summed E-state index contributed by atoms with van der Waals surface area (Å²) in [5, 5.41) is 36.5. The number of carbonyl (C=O) groups excluding carboxylic acids is 1. The van der Waals surface area contributed by atoms with Gasteiger partial charge in [-0.25, -0.2) is 10.1 Å². The molecule has 4 atom stereocenters. The van der Waals surface area contributed by atoms with E-state index in [0.717, 1.165) is 0 Å². The first-order valence-corrected chi connectivity index (χ1v) is 3.76. The van der Waals surface area contributed by atoms with Crippen LogP contribution in [0.5, 0.6) is 0 Å². The fourth-order valence-electron chi connectivity index (χ4n) is 1.54. The van der Waals surface area contributed by atoms with E-state index in [1.165, 1.54) is 0 Å². The molecular weight excluding hydrogens is 200 g/mol. The molecule has 8 nitrogen and oxygen atoms in total. The van der Waals surface area contributed by atoms with Crippen molar-refractivity contribution in [3.05, 3.63) is 0 Å². The van der Waals surface area contributed by atoms with Crippen LogP contribution >= 0.6 is 0 Å². The number of carbonyl (C=O) groups is 1. The summed E-state index contributed by atoms with van der Waals surface area (Å²) < 4.78 is 8.99. The van der Waals surface area contributed by atoms with Gasteiger partial charge in [0.15, 0.2) is 6.10 Å². The summed E-state index contributed by atoms with van der Waals surface area (Å²) in [7, 11) is 0. The average molecular weight is 208 g/mol. The van der Waals surface area contributed by atoms with E-state index in [4.69, 9.17) is 5.26 Å². The number of ether oxygens (including phenoxy) is 2. The predicted octanol–water partition coefficient (Wildman–Crippen LogP) is -2.83. The zero-order valence-electron chi connectivity index (χ0n) is 6.78. The first-order valence-electron chi connectivity index (χ1n) is 3.76. The number of rotatable bonds is 1. The molecule has 2 saturated heterocycles. The third-order valence-electron chi connectivity index (χ3n) is 2.34. The Morgan fingerprint density at radius 2 is 2.14 bits per heavy atom. The van der Waals surface area contributed by atoms with Crippen molar-refractivity contribution in [2.75, 3.05) is 6.61 Å². The Morgan fingerprint density at radius 1 is 1.50 bits per heavy atom. The average Bonchev–Trinajstić information content (AvgIpc) is 2.54. The molecule has 0 aromatic heterocycles. The fraction of sp³-hybridized carbons (Fsp3) is 0.833. The van der Waals surface area contributed by atoms with Crippen LogP contribution < -0.4 is 0 Å². The van der Waals surface area contributed by atoms with E-state index in [-0.39, 0.29) is 6.61 Å². The lowest BCUT2D eigenvalue weighted by atomic mass is 10.0. The summed E-state index contributed by atoms with van der Waals surface area (Å²) in [6, 6.07) is 0. The Kier molecular flexibility index (Phi) is 1.83. The highest BCUT2D eigenvalue weighted by Crippen LogP contribution is 2.43. The summed E-state index contributed by atoms with van der Waals surface area (Å²) in [6.45, 7) is -0.347. The van der Waals surface area contributed by atoms with Gasteiger partial charge in [0.1, 0.15) is 6.10 Å². The lowest BCUT2D eigenvalue weighted by Crippen LogP contribution is -2.59. The summed E-state index contributed by atoms with van der Waals surface area (Å²) in [6.07, 6.45) is -2.76. The van der Waals surface area contributed by atoms with Crippen molar-refractivity contribution < 1.29 is 39.7 Å². The Morgan fingerprint density at radius 3 is 2.71 bits per heavy atom. The van der Waals surface area contributed by atoms with Gasteiger partial charge in [-0.2, -0.15) is 4.89 Å². The summed E-state index contributed by atoms with van der Waals surface area (Å²) in [4.78, 5) is 14.5. The van der Waals surface area contributed by atoms with Crippen LogP contribution in [-0.4, -0.2) is 56.9 Å². The number of hydrogen-bond donors (Lipinski definition) is 4. The second-order valence-corrected chi connectivity index (χ2v) is 3.14. The molecule has 8 heteroatoms. The van der Waals surface area contributed by atoms with Gasteiger partial charge in [-0.3, -0.25) is 0 Å². The molecule has 2 unspecified atom stereocenters. The normalized spacial score (nSPS) is 51.9. The second kappa shape index (κ2) is 2.63. The van der Waals surface area contributed by atoms with E-state index < -0.39 is 29.8 Å². The molecular formula is C6H8O8. The zero-order chi connectivity index (χ0) is 10.6. The fourth-order valence-corrected chi connectivity index (χ4v) is 1.54. The van der Waals surface area contributed by atoms with E-state index in [1.807, 2.05) is 0 Å². The van der Waals surface area contributed by atoms with Crippen molar-refractivity contribution in [3.8, 4) is 0 Å². The van der Waals surface area contributed by atoms with Crippen LogP contribution in [0.4, 0.5) is 0 Å². The lowest BCUT2D eigenvalue weighted by Gasteiger charge is -2.27. The number of hydrogen-bond acceptors (Lipinski definition) is 8. The molecule has 2 aliphatic rings. The van der Waals surface area contributed by atoms with Crippen LogP contribution in [0.2, 0.25) is 0 Å². The van der Waals surface area contributed by atoms with Crippen molar-refractivity contribution in [2.45, 2.75) is 23.8 Å². The number of aliphatic hydroxyl groups is 3. The minimum atomic E-state index is -3.02. The maximum atomic E-state index is 11.0. The third kappa shape index (κ3) is 0.848. The molecule has 2 rings (SSSR count). The number of aliphatic hydroxyl groups excluding tert-OH is 1. The Labute approximate surface area is 77.2 Å². The SMILES string of the molecule is O=C1O[C@@H]2[C@@H](O)COC2(O)C1(O)OO. The van der Waals surface area contributed by atoms with Crippen molar-refractivity contribution in [3.63, 3.8) is 0 Å². The molecule has 4 N–H and O–H groups in total. The molecule has 0 radical (unpaired) electrons. The van der Waals surface area contributed by atoms with Gasteiger partial charge in [0.05, 0.1) is 6.61 Å². The molecule has 2 aliphatic heterocycles. The summed E-state index contributed by atoms with van der Waals surface area (Å²) >= 11 is 0. The molecule has 0 aromatic rings. The standard InChI is InChI=1S/C6H8O8/c7-2-1-12-5(9)3(2)13-4(8)6(5,10)14-11/h2-3,7,9-11H,1H2/t2-,3+,5?,6?/m0/s1. The Balaban J connectivity index is 2.41. The maximum Gasteiger partial charge on any atom is 0.376 e. The van der Waals surface area contributed by atoms with E-state index in [9.17, 15) is 20.1 Å². The van der Waals surface area contributed by atoms with E-state index in [1.54, 1.807) is 0 Å². The Hall–Kier alpha value is -0.770. The molecule has 2 fully saturated rings. The van der Waals surface area contributed by atoms with E-state index in [0.29, 0.717) is 0 Å². The van der Waals surface area contributed by atoms with Crippen molar-refractivity contribution >= 4 is 5.97 Å². The van der Waals surface area contributed by atoms with Crippen LogP contribution in [0.25, 0.3) is 0 Å². The van der Waals surface area contributed by atoms with Crippen LogP contribution in [-0.2, 0) is 19.2 Å². The molecule has 2 heterocycles. The van der Waals surface area contributed by atoms with E-state index in [2.05, 4.69) is 14.4 Å². The second-order valence-electron chi connectivity index (χ2n) is 3.14. The van der Waals surface area contributed by atoms with E-state index >= 15 is 0 Å². The van der Waals surface area contributed by atoms with Gasteiger partial charge in [0.25, 0.3) is 5.79 Å². The molecule has 0 saturated carbocycles. The maximum absolute atomic E-state index is 11.0. The number of fused-ring (bicyclic) bond motifs is 1. The number of esters is 1. The lowest BCUT2D eigenvalue weighted by molar-refractivity contribution is -0.443.